The highest BCUT2D eigenvalue weighted by atomic mass is 16.5. The number of aryl methyl sites for hydroxylation is 1. The van der Waals surface area contributed by atoms with Crippen LogP contribution in [0.5, 0.6) is 5.75 Å². The number of morpholine rings is 1. The predicted molar refractivity (Wildman–Crippen MR) is 151 cm³/mol. The molecule has 11 heteroatoms. The second-order valence-corrected chi connectivity index (χ2v) is 10.1. The number of aromatic nitrogens is 5. The minimum absolute atomic E-state index is 0.0216. The van der Waals surface area contributed by atoms with E-state index in [-0.39, 0.29) is 5.78 Å². The molecule has 2 atom stereocenters. The van der Waals surface area contributed by atoms with Gasteiger partial charge in [-0.05, 0) is 30.2 Å². The van der Waals surface area contributed by atoms with Crippen molar-refractivity contribution in [3.63, 3.8) is 0 Å². The first kappa shape index (κ1) is 25.9. The Hall–Kier alpha value is -4.35. The Morgan fingerprint density at radius 2 is 1.88 bits per heavy atom. The third kappa shape index (κ3) is 5.13. The third-order valence-electron chi connectivity index (χ3n) is 7.40. The lowest BCUT2D eigenvalue weighted by atomic mass is 9.91. The number of nitrogens with one attached hydrogen (secondary N) is 2. The summed E-state index contributed by atoms with van der Waals surface area (Å²) in [6, 6.07) is 12.6. The van der Waals surface area contributed by atoms with Gasteiger partial charge in [-0.1, -0.05) is 19.1 Å². The van der Waals surface area contributed by atoms with Gasteiger partial charge in [0.15, 0.2) is 17.4 Å². The SMILES string of the molecule is CCC(=O)c1cnc(Nc2ccc(CN3C4COCC3C4)cn2)cc1Nc1cccc(-c2ncn(C)n2)c1OC. The lowest BCUT2D eigenvalue weighted by Crippen LogP contribution is -2.62. The molecule has 40 heavy (non-hydrogen) atoms. The first-order chi connectivity index (χ1) is 19.5. The zero-order valence-electron chi connectivity index (χ0n) is 22.8. The van der Waals surface area contributed by atoms with Crippen LogP contribution >= 0.6 is 0 Å². The number of pyridine rings is 2. The number of ether oxygens (including phenoxy) is 2. The maximum Gasteiger partial charge on any atom is 0.184 e. The Morgan fingerprint density at radius 1 is 1.05 bits per heavy atom. The number of ketones is 1. The fraction of sp³-hybridized carbons (Fsp3) is 0.345. The number of rotatable bonds is 10. The van der Waals surface area contributed by atoms with E-state index in [1.807, 2.05) is 50.5 Å². The molecule has 0 spiro atoms. The lowest BCUT2D eigenvalue weighted by molar-refractivity contribution is -0.131. The molecule has 1 aromatic carbocycles. The van der Waals surface area contributed by atoms with E-state index in [9.17, 15) is 4.79 Å². The van der Waals surface area contributed by atoms with Crippen LogP contribution in [-0.4, -0.2) is 67.8 Å². The van der Waals surface area contributed by atoms with Crippen molar-refractivity contribution in [2.45, 2.75) is 38.4 Å². The normalized spacial score (nSPS) is 18.2. The molecule has 2 unspecified atom stereocenters. The summed E-state index contributed by atoms with van der Waals surface area (Å²) >= 11 is 0. The van der Waals surface area contributed by atoms with E-state index >= 15 is 0 Å². The highest BCUT2D eigenvalue weighted by molar-refractivity contribution is 6.02. The molecule has 3 aromatic heterocycles. The molecule has 2 aliphatic heterocycles. The van der Waals surface area contributed by atoms with Gasteiger partial charge in [0.25, 0.3) is 0 Å². The van der Waals surface area contributed by atoms with Gasteiger partial charge < -0.3 is 20.1 Å². The molecule has 6 rings (SSSR count). The molecule has 2 aliphatic rings. The average molecular weight is 541 g/mol. The van der Waals surface area contributed by atoms with Crippen molar-refractivity contribution in [2.24, 2.45) is 7.05 Å². The molecule has 206 valence electrons. The van der Waals surface area contributed by atoms with Gasteiger partial charge >= 0.3 is 0 Å². The van der Waals surface area contributed by atoms with Gasteiger partial charge in [0.05, 0.1) is 42.8 Å². The number of hydrogen-bond donors (Lipinski definition) is 2. The summed E-state index contributed by atoms with van der Waals surface area (Å²) in [5.41, 5.74) is 3.68. The van der Waals surface area contributed by atoms with Crippen LogP contribution in [0.15, 0.2) is 55.1 Å². The lowest BCUT2D eigenvalue weighted by Gasteiger charge is -2.52. The number of fused-ring (bicyclic) bond motifs is 2. The number of hydrogen-bond acceptors (Lipinski definition) is 10. The van der Waals surface area contributed by atoms with Crippen LogP contribution < -0.4 is 15.4 Å². The molecule has 5 heterocycles. The van der Waals surface area contributed by atoms with Gasteiger partial charge in [-0.2, -0.15) is 5.10 Å². The molecule has 2 bridgehead atoms. The molecule has 4 aromatic rings. The average Bonchev–Trinajstić information content (AvgIpc) is 3.42. The first-order valence-electron chi connectivity index (χ1n) is 13.4. The van der Waals surface area contributed by atoms with E-state index in [4.69, 9.17) is 9.47 Å². The van der Waals surface area contributed by atoms with Gasteiger partial charge in [-0.3, -0.25) is 14.4 Å². The van der Waals surface area contributed by atoms with E-state index in [0.717, 1.165) is 30.9 Å². The van der Waals surface area contributed by atoms with Gasteiger partial charge in [0.1, 0.15) is 18.0 Å². The van der Waals surface area contributed by atoms with Crippen LogP contribution in [0.2, 0.25) is 0 Å². The number of anilines is 4. The maximum atomic E-state index is 12.8. The van der Waals surface area contributed by atoms with Crippen molar-refractivity contribution < 1.29 is 14.3 Å². The number of methoxy groups -OCH3 is 1. The molecule has 2 fully saturated rings. The van der Waals surface area contributed by atoms with Crippen molar-refractivity contribution in [1.82, 2.24) is 29.6 Å². The van der Waals surface area contributed by atoms with Crippen molar-refractivity contribution >= 4 is 28.8 Å². The predicted octanol–water partition coefficient (Wildman–Crippen LogP) is 4.33. The fourth-order valence-corrected chi connectivity index (χ4v) is 5.28. The molecule has 0 radical (unpaired) electrons. The molecular weight excluding hydrogens is 508 g/mol. The van der Waals surface area contributed by atoms with Crippen LogP contribution in [-0.2, 0) is 18.3 Å². The maximum absolute atomic E-state index is 12.8. The van der Waals surface area contributed by atoms with E-state index in [1.165, 1.54) is 6.42 Å². The molecule has 2 saturated heterocycles. The van der Waals surface area contributed by atoms with Crippen LogP contribution in [0.3, 0.4) is 0 Å². The zero-order valence-corrected chi connectivity index (χ0v) is 22.8. The minimum atomic E-state index is -0.0216. The summed E-state index contributed by atoms with van der Waals surface area (Å²) in [7, 11) is 3.41. The standard InChI is InChI=1S/C29H32N8O3/c1-4-25(38)22-13-31-27(34-26-9-8-18(12-30-26)14-37-19-10-20(37)16-40-15-19)11-24(22)33-23-7-5-6-21(28(23)39-3)29-32-17-36(2)35-29/h5-9,11-13,17,19-20H,4,10,14-16H2,1-3H3,(H2,30,31,33,34). The number of carbonyl (C=O) groups excluding carboxylic acids is 1. The van der Waals surface area contributed by atoms with Crippen molar-refractivity contribution in [3.8, 4) is 17.1 Å². The van der Waals surface area contributed by atoms with Crippen LogP contribution in [0.4, 0.5) is 23.0 Å². The Kier molecular flexibility index (Phi) is 7.14. The third-order valence-corrected chi connectivity index (χ3v) is 7.40. The Labute approximate surface area is 232 Å². The van der Waals surface area contributed by atoms with Crippen LogP contribution in [0.25, 0.3) is 11.4 Å². The molecule has 0 amide bonds. The van der Waals surface area contributed by atoms with E-state index in [0.29, 0.717) is 58.7 Å². The number of benzene rings is 1. The number of para-hydroxylation sites is 1. The topological polar surface area (TPSA) is 119 Å². The summed E-state index contributed by atoms with van der Waals surface area (Å²) in [5, 5.41) is 11.1. The van der Waals surface area contributed by atoms with E-state index in [1.54, 1.807) is 24.3 Å². The highest BCUT2D eigenvalue weighted by Gasteiger charge is 2.41. The number of nitrogens with zero attached hydrogens (tertiary/aromatic N) is 6. The van der Waals surface area contributed by atoms with Gasteiger partial charge in [0, 0.05) is 50.6 Å². The first-order valence-corrected chi connectivity index (χ1v) is 13.4. The monoisotopic (exact) mass is 540 g/mol. The second kappa shape index (κ2) is 11.0. The summed E-state index contributed by atoms with van der Waals surface area (Å²) in [6.07, 6.45) is 6.70. The zero-order chi connectivity index (χ0) is 27.6. The molecule has 0 aliphatic carbocycles. The Bertz CT molecular complexity index is 1510. The van der Waals surface area contributed by atoms with Gasteiger partial charge in [0.2, 0.25) is 0 Å². The minimum Gasteiger partial charge on any atom is -0.494 e. The van der Waals surface area contributed by atoms with E-state index < -0.39 is 0 Å². The smallest absolute Gasteiger partial charge is 0.184 e. The van der Waals surface area contributed by atoms with Crippen molar-refractivity contribution in [1.29, 1.82) is 0 Å². The summed E-state index contributed by atoms with van der Waals surface area (Å²) in [6.45, 7) is 4.34. The summed E-state index contributed by atoms with van der Waals surface area (Å²) < 4.78 is 13.0. The summed E-state index contributed by atoms with van der Waals surface area (Å²) in [5.74, 6) is 2.33. The van der Waals surface area contributed by atoms with Crippen molar-refractivity contribution in [3.05, 3.63) is 66.2 Å². The number of Topliss-reactive ketones (excluding diaryl/α,β-unsaturated/α-hetero) is 1. The second-order valence-electron chi connectivity index (χ2n) is 10.1. The van der Waals surface area contributed by atoms with Crippen LogP contribution in [0.1, 0.15) is 35.7 Å². The van der Waals surface area contributed by atoms with E-state index in [2.05, 4.69) is 41.7 Å². The largest absolute Gasteiger partial charge is 0.494 e. The Balaban J connectivity index is 1.23. The van der Waals surface area contributed by atoms with Crippen molar-refractivity contribution in [2.75, 3.05) is 31.0 Å². The molecule has 11 nitrogen and oxygen atoms in total. The fourth-order valence-electron chi connectivity index (χ4n) is 5.28. The van der Waals surface area contributed by atoms with Crippen LogP contribution in [0, 0.1) is 0 Å². The summed E-state index contributed by atoms with van der Waals surface area (Å²) in [4.78, 5) is 28.7. The molecule has 0 saturated carbocycles. The van der Waals surface area contributed by atoms with Gasteiger partial charge in [-0.15, -0.1) is 0 Å². The van der Waals surface area contributed by atoms with Gasteiger partial charge in [-0.25, -0.2) is 15.0 Å². The molecule has 2 N–H and O–H groups in total. The Morgan fingerprint density at radius 3 is 2.55 bits per heavy atom. The number of carbonyl (C=O) groups is 1. The molecular formula is C29H32N8O3. The highest BCUT2D eigenvalue weighted by Crippen LogP contribution is 2.38. The quantitative estimate of drug-likeness (QED) is 0.281.